The second-order valence-corrected chi connectivity index (χ2v) is 2.90. The van der Waals surface area contributed by atoms with Gasteiger partial charge in [-0.25, -0.2) is 4.79 Å². The molecule has 14 heavy (non-hydrogen) atoms. The molecule has 0 saturated carbocycles. The number of rotatable bonds is 3. The smallest absolute Gasteiger partial charge is 0.337 e. The van der Waals surface area contributed by atoms with Gasteiger partial charge in [-0.15, -0.1) is 6.58 Å². The van der Waals surface area contributed by atoms with Crippen LogP contribution in [-0.2, 0) is 6.42 Å². The van der Waals surface area contributed by atoms with E-state index < -0.39 is 5.97 Å². The van der Waals surface area contributed by atoms with Gasteiger partial charge >= 0.3 is 5.97 Å². The van der Waals surface area contributed by atoms with Crippen molar-refractivity contribution >= 4 is 17.3 Å². The van der Waals surface area contributed by atoms with Crippen molar-refractivity contribution in [2.75, 3.05) is 11.5 Å². The zero-order valence-corrected chi connectivity index (χ0v) is 7.66. The largest absolute Gasteiger partial charge is 0.478 e. The van der Waals surface area contributed by atoms with E-state index in [1.54, 1.807) is 12.1 Å². The minimum absolute atomic E-state index is 0.0373. The molecule has 0 radical (unpaired) electrons. The number of hydrogen-bond acceptors (Lipinski definition) is 3. The average Bonchev–Trinajstić information content (AvgIpc) is 2.13. The summed E-state index contributed by atoms with van der Waals surface area (Å²) in [5.41, 5.74) is 12.5. The van der Waals surface area contributed by atoms with Gasteiger partial charge in [0.25, 0.3) is 0 Å². The van der Waals surface area contributed by atoms with Crippen LogP contribution >= 0.6 is 0 Å². The van der Waals surface area contributed by atoms with Crippen LogP contribution in [0.5, 0.6) is 0 Å². The molecule has 74 valence electrons. The van der Waals surface area contributed by atoms with E-state index in [-0.39, 0.29) is 11.3 Å². The number of allylic oxidation sites excluding steroid dienone is 1. The molecular weight excluding hydrogens is 180 g/mol. The molecule has 1 aromatic rings. The van der Waals surface area contributed by atoms with Crippen LogP contribution in [0, 0.1) is 0 Å². The van der Waals surface area contributed by atoms with Gasteiger partial charge < -0.3 is 16.6 Å². The summed E-state index contributed by atoms with van der Waals surface area (Å²) >= 11 is 0. The Hall–Kier alpha value is -1.97. The molecule has 0 atom stereocenters. The highest BCUT2D eigenvalue weighted by molar-refractivity contribution is 5.97. The first-order valence-electron chi connectivity index (χ1n) is 4.09. The standard InChI is InChI=1S/C10H12N2O2/c1-2-3-6-4-5-7(10(13)14)9(12)8(6)11/h2,4-5H,1,3,11-12H2,(H,13,14). The highest BCUT2D eigenvalue weighted by Crippen LogP contribution is 2.24. The van der Waals surface area contributed by atoms with E-state index in [1.807, 2.05) is 0 Å². The van der Waals surface area contributed by atoms with Crippen molar-refractivity contribution in [1.29, 1.82) is 0 Å². The lowest BCUT2D eigenvalue weighted by molar-refractivity contribution is 0.0698. The normalized spacial score (nSPS) is 9.71. The van der Waals surface area contributed by atoms with Crippen LogP contribution in [0.1, 0.15) is 15.9 Å². The Bertz CT molecular complexity index is 386. The number of nitrogens with two attached hydrogens (primary N) is 2. The molecule has 0 aliphatic rings. The fourth-order valence-corrected chi connectivity index (χ4v) is 1.20. The zero-order valence-electron chi connectivity index (χ0n) is 7.66. The lowest BCUT2D eigenvalue weighted by atomic mass is 10.0. The van der Waals surface area contributed by atoms with Gasteiger partial charge in [0.05, 0.1) is 16.9 Å². The molecule has 4 heteroatoms. The van der Waals surface area contributed by atoms with E-state index in [2.05, 4.69) is 6.58 Å². The lowest BCUT2D eigenvalue weighted by Gasteiger charge is -2.08. The molecular formula is C10H12N2O2. The fraction of sp³-hybridized carbons (Fsp3) is 0.100. The minimum Gasteiger partial charge on any atom is -0.478 e. The van der Waals surface area contributed by atoms with E-state index in [4.69, 9.17) is 16.6 Å². The summed E-state index contributed by atoms with van der Waals surface area (Å²) in [6.45, 7) is 3.57. The number of benzene rings is 1. The number of nitrogen functional groups attached to an aromatic ring is 2. The van der Waals surface area contributed by atoms with Gasteiger partial charge in [-0.05, 0) is 18.1 Å². The second kappa shape index (κ2) is 3.83. The molecule has 0 aromatic heterocycles. The Labute approximate surface area is 81.8 Å². The number of hydrogen-bond donors (Lipinski definition) is 3. The van der Waals surface area contributed by atoms with Gasteiger partial charge in [0.2, 0.25) is 0 Å². The number of carbonyl (C=O) groups is 1. The first-order chi connectivity index (χ1) is 6.57. The average molecular weight is 192 g/mol. The predicted molar refractivity (Wildman–Crippen MR) is 56.1 cm³/mol. The van der Waals surface area contributed by atoms with E-state index in [1.165, 1.54) is 6.07 Å². The van der Waals surface area contributed by atoms with Crippen LogP contribution in [0.2, 0.25) is 0 Å². The first kappa shape index (κ1) is 10.1. The third kappa shape index (κ3) is 1.69. The third-order valence-corrected chi connectivity index (χ3v) is 1.97. The predicted octanol–water partition coefficient (Wildman–Crippen LogP) is 1.28. The molecule has 0 aliphatic heterocycles. The molecule has 0 unspecified atom stereocenters. The Kier molecular flexibility index (Phi) is 2.76. The Morgan fingerprint density at radius 3 is 2.57 bits per heavy atom. The number of aromatic carboxylic acids is 1. The molecule has 4 nitrogen and oxygen atoms in total. The number of carboxylic acid groups (broad SMARTS) is 1. The molecule has 0 fully saturated rings. The van der Waals surface area contributed by atoms with Crippen molar-refractivity contribution in [3.8, 4) is 0 Å². The van der Waals surface area contributed by atoms with Crippen molar-refractivity contribution in [3.63, 3.8) is 0 Å². The molecule has 0 bridgehead atoms. The molecule has 0 aliphatic carbocycles. The highest BCUT2D eigenvalue weighted by Gasteiger charge is 2.12. The van der Waals surface area contributed by atoms with Crippen LogP contribution in [0.25, 0.3) is 0 Å². The molecule has 0 spiro atoms. The fourth-order valence-electron chi connectivity index (χ4n) is 1.20. The SMILES string of the molecule is C=CCc1ccc(C(=O)O)c(N)c1N. The van der Waals surface area contributed by atoms with Crippen molar-refractivity contribution in [2.45, 2.75) is 6.42 Å². The van der Waals surface area contributed by atoms with Gasteiger partial charge in [-0.2, -0.15) is 0 Å². The summed E-state index contributed by atoms with van der Waals surface area (Å²) < 4.78 is 0. The van der Waals surface area contributed by atoms with Crippen molar-refractivity contribution in [2.24, 2.45) is 0 Å². The molecule has 0 amide bonds. The minimum atomic E-state index is -1.07. The van der Waals surface area contributed by atoms with Crippen molar-refractivity contribution in [1.82, 2.24) is 0 Å². The summed E-state index contributed by atoms with van der Waals surface area (Å²) in [5, 5.41) is 8.76. The van der Waals surface area contributed by atoms with Crippen LogP contribution in [0.4, 0.5) is 11.4 Å². The monoisotopic (exact) mass is 192 g/mol. The number of carboxylic acids is 1. The Balaban J connectivity index is 3.25. The first-order valence-corrected chi connectivity index (χ1v) is 4.09. The summed E-state index contributed by atoms with van der Waals surface area (Å²) in [7, 11) is 0. The van der Waals surface area contributed by atoms with Gasteiger partial charge in [-0.3, -0.25) is 0 Å². The van der Waals surface area contributed by atoms with Crippen LogP contribution in [0.3, 0.4) is 0 Å². The molecule has 1 aromatic carbocycles. The second-order valence-electron chi connectivity index (χ2n) is 2.90. The number of anilines is 2. The van der Waals surface area contributed by atoms with E-state index >= 15 is 0 Å². The quantitative estimate of drug-likeness (QED) is 0.497. The maximum atomic E-state index is 10.7. The molecule has 5 N–H and O–H groups in total. The van der Waals surface area contributed by atoms with Gasteiger partial charge in [0.1, 0.15) is 0 Å². The highest BCUT2D eigenvalue weighted by atomic mass is 16.4. The summed E-state index contributed by atoms with van der Waals surface area (Å²) in [4.78, 5) is 10.7. The van der Waals surface area contributed by atoms with E-state index in [9.17, 15) is 4.79 Å². The molecule has 0 heterocycles. The van der Waals surface area contributed by atoms with E-state index in [0.717, 1.165) is 5.56 Å². The summed E-state index contributed by atoms with van der Waals surface area (Å²) in [6.07, 6.45) is 2.27. The Morgan fingerprint density at radius 1 is 1.43 bits per heavy atom. The third-order valence-electron chi connectivity index (χ3n) is 1.97. The topological polar surface area (TPSA) is 89.3 Å². The van der Waals surface area contributed by atoms with Gasteiger partial charge in [-0.1, -0.05) is 12.1 Å². The summed E-state index contributed by atoms with van der Waals surface area (Å²) in [6, 6.07) is 3.10. The molecule has 0 saturated heterocycles. The van der Waals surface area contributed by atoms with E-state index in [0.29, 0.717) is 12.1 Å². The lowest BCUT2D eigenvalue weighted by Crippen LogP contribution is -2.07. The maximum Gasteiger partial charge on any atom is 0.337 e. The van der Waals surface area contributed by atoms with Crippen LogP contribution in [0.15, 0.2) is 24.8 Å². The van der Waals surface area contributed by atoms with Gasteiger partial charge in [0.15, 0.2) is 0 Å². The summed E-state index contributed by atoms with van der Waals surface area (Å²) in [5.74, 6) is -1.07. The maximum absolute atomic E-state index is 10.7. The molecule has 1 rings (SSSR count). The zero-order chi connectivity index (χ0) is 10.7. The van der Waals surface area contributed by atoms with Gasteiger partial charge in [0, 0.05) is 0 Å². The Morgan fingerprint density at radius 2 is 2.07 bits per heavy atom. The van der Waals surface area contributed by atoms with Crippen molar-refractivity contribution < 1.29 is 9.90 Å². The van der Waals surface area contributed by atoms with Crippen molar-refractivity contribution in [3.05, 3.63) is 35.9 Å². The van der Waals surface area contributed by atoms with Crippen LogP contribution in [-0.4, -0.2) is 11.1 Å². The van der Waals surface area contributed by atoms with Crippen LogP contribution < -0.4 is 11.5 Å².